The molecule has 1 amide bonds. The molecule has 0 bridgehead atoms. The Morgan fingerprint density at radius 3 is 2.84 bits per heavy atom. The first-order valence-electron chi connectivity index (χ1n) is 6.03. The molecule has 1 aromatic heterocycles. The van der Waals surface area contributed by atoms with Crippen molar-refractivity contribution in [3.63, 3.8) is 0 Å². The van der Waals surface area contributed by atoms with E-state index < -0.39 is 16.1 Å². The molecule has 1 unspecified atom stereocenters. The Hall–Kier alpha value is -0.960. The van der Waals surface area contributed by atoms with Crippen molar-refractivity contribution in [2.45, 2.75) is 17.2 Å². The second-order valence-electron chi connectivity index (χ2n) is 4.54. The summed E-state index contributed by atoms with van der Waals surface area (Å²) in [5.41, 5.74) is 0. The topological polar surface area (TPSA) is 87.3 Å². The number of sulfonamides is 1. The zero-order valence-corrected chi connectivity index (χ0v) is 12.2. The van der Waals surface area contributed by atoms with Gasteiger partial charge in [-0.1, -0.05) is 6.07 Å². The highest BCUT2D eigenvalue weighted by molar-refractivity contribution is 7.91. The van der Waals surface area contributed by atoms with E-state index >= 15 is 0 Å². The highest BCUT2D eigenvalue weighted by Gasteiger charge is 2.24. The Morgan fingerprint density at radius 1 is 1.58 bits per heavy atom. The predicted octanol–water partition coefficient (Wildman–Crippen LogP) is -0.249. The quantitative estimate of drug-likeness (QED) is 0.676. The van der Waals surface area contributed by atoms with E-state index in [1.165, 1.54) is 6.07 Å². The molecule has 0 aromatic carbocycles. The van der Waals surface area contributed by atoms with Crippen molar-refractivity contribution in [1.29, 1.82) is 0 Å². The maximum atomic E-state index is 11.9. The molecule has 8 heteroatoms. The van der Waals surface area contributed by atoms with Crippen molar-refractivity contribution < 1.29 is 13.2 Å². The van der Waals surface area contributed by atoms with E-state index in [4.69, 9.17) is 0 Å². The average Bonchev–Trinajstić information content (AvgIpc) is 2.79. The molecule has 0 radical (unpaired) electrons. The third-order valence-electron chi connectivity index (χ3n) is 2.92. The summed E-state index contributed by atoms with van der Waals surface area (Å²) in [7, 11) is -3.60. The number of nitrogens with one attached hydrogen (secondary N) is 3. The van der Waals surface area contributed by atoms with Crippen molar-refractivity contribution in [2.24, 2.45) is 5.92 Å². The maximum Gasteiger partial charge on any atom is 0.250 e. The van der Waals surface area contributed by atoms with Gasteiger partial charge in [0.05, 0.1) is 6.04 Å². The summed E-state index contributed by atoms with van der Waals surface area (Å²) in [6, 6.07) is 2.39. The van der Waals surface area contributed by atoms with Crippen molar-refractivity contribution in [2.75, 3.05) is 19.6 Å². The fraction of sp³-hybridized carbons (Fsp3) is 0.545. The minimum Gasteiger partial charge on any atom is -0.354 e. The second-order valence-corrected chi connectivity index (χ2v) is 7.43. The van der Waals surface area contributed by atoms with Gasteiger partial charge in [-0.25, -0.2) is 8.42 Å². The minimum absolute atomic E-state index is 0.218. The van der Waals surface area contributed by atoms with E-state index in [1.807, 2.05) is 0 Å². The van der Waals surface area contributed by atoms with E-state index in [9.17, 15) is 13.2 Å². The molecule has 1 fully saturated rings. The number of hydrogen-bond acceptors (Lipinski definition) is 5. The van der Waals surface area contributed by atoms with Crippen LogP contribution in [0.15, 0.2) is 21.7 Å². The van der Waals surface area contributed by atoms with Crippen LogP contribution in [0.5, 0.6) is 0 Å². The normalized spacial score (nSPS) is 17.7. The zero-order valence-electron chi connectivity index (χ0n) is 10.5. The summed E-state index contributed by atoms with van der Waals surface area (Å²) in [4.78, 5) is 11.8. The van der Waals surface area contributed by atoms with Crippen molar-refractivity contribution in [3.8, 4) is 0 Å². The lowest BCUT2D eigenvalue weighted by atomic mass is 10.0. The lowest BCUT2D eigenvalue weighted by Crippen LogP contribution is -2.51. The molecule has 1 atom stereocenters. The Labute approximate surface area is 116 Å². The summed E-state index contributed by atoms with van der Waals surface area (Å²) in [5.74, 6) is 0.150. The molecule has 3 N–H and O–H groups in total. The van der Waals surface area contributed by atoms with Crippen LogP contribution in [-0.2, 0) is 14.8 Å². The maximum absolute atomic E-state index is 11.9. The Balaban J connectivity index is 1.85. The molecule has 2 heterocycles. The molecule has 1 aliphatic heterocycles. The number of carbonyl (C=O) groups excluding carboxylic acids is 1. The minimum atomic E-state index is -3.60. The number of thiophene rings is 1. The summed E-state index contributed by atoms with van der Waals surface area (Å²) in [6.45, 7) is 3.92. The highest BCUT2D eigenvalue weighted by atomic mass is 32.2. The average molecular weight is 303 g/mol. The van der Waals surface area contributed by atoms with E-state index in [0.717, 1.165) is 24.4 Å². The van der Waals surface area contributed by atoms with Crippen LogP contribution in [-0.4, -0.2) is 40.0 Å². The van der Waals surface area contributed by atoms with Gasteiger partial charge in [0.1, 0.15) is 4.21 Å². The van der Waals surface area contributed by atoms with Gasteiger partial charge in [0.25, 0.3) is 10.0 Å². The van der Waals surface area contributed by atoms with Crippen LogP contribution >= 0.6 is 11.3 Å². The molecule has 2 rings (SSSR count). The molecule has 0 saturated carbocycles. The van der Waals surface area contributed by atoms with Gasteiger partial charge in [-0.2, -0.15) is 4.72 Å². The number of rotatable bonds is 6. The monoisotopic (exact) mass is 303 g/mol. The van der Waals surface area contributed by atoms with Gasteiger partial charge >= 0.3 is 0 Å². The number of carbonyl (C=O) groups is 1. The van der Waals surface area contributed by atoms with Crippen LogP contribution < -0.4 is 15.4 Å². The molecule has 106 valence electrons. The molecule has 0 aliphatic carbocycles. The summed E-state index contributed by atoms with van der Waals surface area (Å²) < 4.78 is 26.4. The van der Waals surface area contributed by atoms with Crippen LogP contribution in [0.4, 0.5) is 0 Å². The van der Waals surface area contributed by atoms with Crippen LogP contribution in [0.25, 0.3) is 0 Å². The summed E-state index contributed by atoms with van der Waals surface area (Å²) >= 11 is 1.12. The van der Waals surface area contributed by atoms with Gasteiger partial charge in [-0.3, -0.25) is 4.79 Å². The molecule has 1 aromatic rings. The van der Waals surface area contributed by atoms with Gasteiger partial charge < -0.3 is 10.6 Å². The van der Waals surface area contributed by atoms with Crippen molar-refractivity contribution >= 4 is 27.3 Å². The van der Waals surface area contributed by atoms with E-state index in [0.29, 0.717) is 12.5 Å². The summed E-state index contributed by atoms with van der Waals surface area (Å²) in [5, 5.41) is 7.54. The van der Waals surface area contributed by atoms with Gasteiger partial charge in [-0.05, 0) is 18.4 Å². The van der Waals surface area contributed by atoms with Gasteiger partial charge in [0.15, 0.2) is 0 Å². The first-order valence-corrected chi connectivity index (χ1v) is 8.39. The standard InChI is InChI=1S/C11H17N3O3S2/c1-8(11(15)13-7-9-5-12-6-9)14-19(16,17)10-3-2-4-18-10/h2-4,8-9,12,14H,5-7H2,1H3,(H,13,15). The SMILES string of the molecule is CC(NS(=O)(=O)c1cccs1)C(=O)NCC1CNC1. The molecule has 0 spiro atoms. The van der Waals surface area contributed by atoms with Crippen LogP contribution in [0.1, 0.15) is 6.92 Å². The third kappa shape index (κ3) is 3.75. The van der Waals surface area contributed by atoms with E-state index in [1.54, 1.807) is 18.4 Å². The number of amides is 1. The molecule has 19 heavy (non-hydrogen) atoms. The van der Waals surface area contributed by atoms with Gasteiger partial charge in [0.2, 0.25) is 5.91 Å². The highest BCUT2D eigenvalue weighted by Crippen LogP contribution is 2.15. The first-order chi connectivity index (χ1) is 8.99. The van der Waals surface area contributed by atoms with Crippen molar-refractivity contribution in [1.82, 2.24) is 15.4 Å². The zero-order chi connectivity index (χ0) is 13.9. The molecule has 1 saturated heterocycles. The lowest BCUT2D eigenvalue weighted by Gasteiger charge is -2.27. The van der Waals surface area contributed by atoms with Gasteiger partial charge in [0, 0.05) is 25.6 Å². The molecular weight excluding hydrogens is 286 g/mol. The number of hydrogen-bond donors (Lipinski definition) is 3. The Kier molecular flexibility index (Phi) is 4.56. The van der Waals surface area contributed by atoms with Crippen LogP contribution in [0.3, 0.4) is 0 Å². The predicted molar refractivity (Wildman–Crippen MR) is 73.5 cm³/mol. The lowest BCUT2D eigenvalue weighted by molar-refractivity contribution is -0.122. The first kappa shape index (κ1) is 14.4. The largest absolute Gasteiger partial charge is 0.354 e. The molecular formula is C11H17N3O3S2. The fourth-order valence-corrected chi connectivity index (χ4v) is 3.86. The second kappa shape index (κ2) is 6.00. The van der Waals surface area contributed by atoms with Gasteiger partial charge in [-0.15, -0.1) is 11.3 Å². The fourth-order valence-electron chi connectivity index (χ4n) is 1.65. The van der Waals surface area contributed by atoms with Crippen molar-refractivity contribution in [3.05, 3.63) is 17.5 Å². The Bertz CT molecular complexity index is 523. The van der Waals surface area contributed by atoms with E-state index in [2.05, 4.69) is 15.4 Å². The van der Waals surface area contributed by atoms with E-state index in [-0.39, 0.29) is 10.1 Å². The molecule has 6 nitrogen and oxygen atoms in total. The Morgan fingerprint density at radius 2 is 2.32 bits per heavy atom. The van der Waals surface area contributed by atoms with Crippen LogP contribution in [0, 0.1) is 5.92 Å². The third-order valence-corrected chi connectivity index (χ3v) is 5.85. The van der Waals surface area contributed by atoms with Crippen LogP contribution in [0.2, 0.25) is 0 Å². The summed E-state index contributed by atoms with van der Waals surface area (Å²) in [6.07, 6.45) is 0. The smallest absolute Gasteiger partial charge is 0.250 e. The molecule has 1 aliphatic rings.